The monoisotopic (exact) mass is 336 g/mol. The minimum absolute atomic E-state index is 0.0288. The first-order valence-electron chi connectivity index (χ1n) is 7.96. The number of nitrogens with one attached hydrogen (secondary N) is 1. The molecule has 122 valence electrons. The highest BCUT2D eigenvalue weighted by Crippen LogP contribution is 2.16. The van der Waals surface area contributed by atoms with E-state index in [1.807, 2.05) is 36.4 Å². The summed E-state index contributed by atoms with van der Waals surface area (Å²) in [6.07, 6.45) is 4.65. The summed E-state index contributed by atoms with van der Waals surface area (Å²) in [6.45, 7) is 0.598. The van der Waals surface area contributed by atoms with E-state index >= 15 is 0 Å². The molecule has 0 saturated carbocycles. The first-order chi connectivity index (χ1) is 11.8. The molecule has 4 heteroatoms. The van der Waals surface area contributed by atoms with Crippen LogP contribution in [0.15, 0.2) is 60.8 Å². The molecule has 1 N–H and O–H groups in total. The standard InChI is InChI=1S/C20H20N2OS/c1-24-14-15-7-9-18(10-8-15)20(23)22-13-11-17-5-2-4-16-6-3-12-21-19(16)17/h2-10,12H,11,13-14H2,1H3,(H,22,23). The van der Waals surface area contributed by atoms with Gasteiger partial charge in [-0.05, 0) is 42.0 Å². The predicted octanol–water partition coefficient (Wildman–Crippen LogP) is 4.07. The minimum Gasteiger partial charge on any atom is -0.352 e. The van der Waals surface area contributed by atoms with Crippen molar-refractivity contribution in [1.29, 1.82) is 0 Å². The Morgan fingerprint density at radius 3 is 2.67 bits per heavy atom. The first-order valence-corrected chi connectivity index (χ1v) is 9.36. The second-order valence-corrected chi connectivity index (χ2v) is 6.49. The van der Waals surface area contributed by atoms with Gasteiger partial charge in [0, 0.05) is 29.4 Å². The molecule has 0 radical (unpaired) electrons. The number of carbonyl (C=O) groups is 1. The number of benzene rings is 2. The molecule has 0 unspecified atom stereocenters. The smallest absolute Gasteiger partial charge is 0.251 e. The quantitative estimate of drug-likeness (QED) is 0.738. The molecule has 0 atom stereocenters. The van der Waals surface area contributed by atoms with Gasteiger partial charge in [-0.2, -0.15) is 11.8 Å². The second-order valence-electron chi connectivity index (χ2n) is 5.63. The Morgan fingerprint density at radius 1 is 1.08 bits per heavy atom. The highest BCUT2D eigenvalue weighted by molar-refractivity contribution is 7.97. The predicted molar refractivity (Wildman–Crippen MR) is 101 cm³/mol. The fourth-order valence-corrected chi connectivity index (χ4v) is 3.23. The lowest BCUT2D eigenvalue weighted by molar-refractivity contribution is 0.0954. The van der Waals surface area contributed by atoms with Crippen LogP contribution < -0.4 is 5.32 Å². The molecule has 3 aromatic rings. The van der Waals surface area contributed by atoms with Gasteiger partial charge in [-0.15, -0.1) is 0 Å². The summed E-state index contributed by atoms with van der Waals surface area (Å²) < 4.78 is 0. The molecule has 1 amide bonds. The number of nitrogens with zero attached hydrogens (tertiary/aromatic N) is 1. The molecule has 2 aromatic carbocycles. The molecule has 0 spiro atoms. The number of fused-ring (bicyclic) bond motifs is 1. The Bertz CT molecular complexity index is 825. The van der Waals surface area contributed by atoms with Crippen molar-refractivity contribution >= 4 is 28.6 Å². The van der Waals surface area contributed by atoms with Crippen molar-refractivity contribution in [3.8, 4) is 0 Å². The van der Waals surface area contributed by atoms with Gasteiger partial charge in [0.1, 0.15) is 0 Å². The molecule has 0 aliphatic carbocycles. The van der Waals surface area contributed by atoms with Crippen molar-refractivity contribution in [2.75, 3.05) is 12.8 Å². The van der Waals surface area contributed by atoms with Gasteiger partial charge in [-0.3, -0.25) is 9.78 Å². The highest BCUT2D eigenvalue weighted by Gasteiger charge is 2.06. The lowest BCUT2D eigenvalue weighted by Crippen LogP contribution is -2.25. The lowest BCUT2D eigenvalue weighted by atomic mass is 10.1. The van der Waals surface area contributed by atoms with Gasteiger partial charge in [-0.25, -0.2) is 0 Å². The summed E-state index contributed by atoms with van der Waals surface area (Å²) in [5.41, 5.74) is 4.11. The van der Waals surface area contributed by atoms with Gasteiger partial charge in [0.05, 0.1) is 5.52 Å². The molecule has 24 heavy (non-hydrogen) atoms. The molecule has 1 heterocycles. The summed E-state index contributed by atoms with van der Waals surface area (Å²) >= 11 is 1.77. The molecule has 0 aliphatic heterocycles. The summed E-state index contributed by atoms with van der Waals surface area (Å²) in [5.74, 6) is 0.939. The van der Waals surface area contributed by atoms with E-state index in [0.717, 1.165) is 28.6 Å². The van der Waals surface area contributed by atoms with Gasteiger partial charge in [0.15, 0.2) is 0 Å². The van der Waals surface area contributed by atoms with E-state index in [9.17, 15) is 4.79 Å². The zero-order chi connectivity index (χ0) is 16.8. The molecule has 0 saturated heterocycles. The SMILES string of the molecule is CSCc1ccc(C(=O)NCCc2cccc3cccnc23)cc1. The number of pyridine rings is 1. The fraction of sp³-hybridized carbons (Fsp3) is 0.200. The van der Waals surface area contributed by atoms with E-state index in [4.69, 9.17) is 0 Å². The van der Waals surface area contributed by atoms with Gasteiger partial charge >= 0.3 is 0 Å². The van der Waals surface area contributed by atoms with E-state index in [0.29, 0.717) is 12.1 Å². The number of rotatable bonds is 6. The molecular formula is C20H20N2OS. The fourth-order valence-electron chi connectivity index (χ4n) is 2.70. The van der Waals surface area contributed by atoms with Gasteiger partial charge in [0.2, 0.25) is 0 Å². The van der Waals surface area contributed by atoms with E-state index in [-0.39, 0.29) is 5.91 Å². The third-order valence-corrected chi connectivity index (χ3v) is 4.55. The van der Waals surface area contributed by atoms with Crippen LogP contribution in [0, 0.1) is 0 Å². The zero-order valence-electron chi connectivity index (χ0n) is 13.7. The van der Waals surface area contributed by atoms with Crippen LogP contribution in [0.5, 0.6) is 0 Å². The van der Waals surface area contributed by atoms with Crippen LogP contribution in [0.25, 0.3) is 10.9 Å². The highest BCUT2D eigenvalue weighted by atomic mass is 32.2. The van der Waals surface area contributed by atoms with Crippen LogP contribution in [0.2, 0.25) is 0 Å². The van der Waals surface area contributed by atoms with E-state index in [2.05, 4.69) is 34.8 Å². The van der Waals surface area contributed by atoms with Gasteiger partial charge in [-0.1, -0.05) is 36.4 Å². The molecule has 3 rings (SSSR count). The normalized spacial score (nSPS) is 10.7. The number of aromatic nitrogens is 1. The Hall–Kier alpha value is -2.33. The van der Waals surface area contributed by atoms with E-state index in [1.165, 1.54) is 5.56 Å². The Morgan fingerprint density at radius 2 is 1.88 bits per heavy atom. The van der Waals surface area contributed by atoms with Crippen molar-refractivity contribution < 1.29 is 4.79 Å². The summed E-state index contributed by atoms with van der Waals surface area (Å²) in [6, 6.07) is 18.0. The summed E-state index contributed by atoms with van der Waals surface area (Å²) in [5, 5.41) is 4.12. The minimum atomic E-state index is -0.0288. The molecular weight excluding hydrogens is 316 g/mol. The van der Waals surface area contributed by atoms with Crippen LogP contribution in [-0.4, -0.2) is 23.7 Å². The topological polar surface area (TPSA) is 42.0 Å². The van der Waals surface area contributed by atoms with Crippen molar-refractivity contribution in [2.45, 2.75) is 12.2 Å². The van der Waals surface area contributed by atoms with Crippen LogP contribution in [0.3, 0.4) is 0 Å². The van der Waals surface area contributed by atoms with Crippen molar-refractivity contribution in [2.24, 2.45) is 0 Å². The van der Waals surface area contributed by atoms with Crippen LogP contribution >= 0.6 is 11.8 Å². The molecule has 0 fully saturated rings. The Balaban J connectivity index is 1.60. The number of hydrogen-bond acceptors (Lipinski definition) is 3. The van der Waals surface area contributed by atoms with E-state index in [1.54, 1.807) is 18.0 Å². The first kappa shape index (κ1) is 16.5. The Labute approximate surface area is 146 Å². The lowest BCUT2D eigenvalue weighted by Gasteiger charge is -2.08. The number of hydrogen-bond donors (Lipinski definition) is 1. The van der Waals surface area contributed by atoms with E-state index < -0.39 is 0 Å². The van der Waals surface area contributed by atoms with Crippen LogP contribution in [0.4, 0.5) is 0 Å². The summed E-state index contributed by atoms with van der Waals surface area (Å²) in [4.78, 5) is 16.7. The van der Waals surface area contributed by atoms with Crippen molar-refractivity contribution in [1.82, 2.24) is 10.3 Å². The maximum atomic E-state index is 12.2. The van der Waals surface area contributed by atoms with Crippen molar-refractivity contribution in [3.63, 3.8) is 0 Å². The average molecular weight is 336 g/mol. The molecule has 3 nitrogen and oxygen atoms in total. The second kappa shape index (κ2) is 7.97. The van der Waals surface area contributed by atoms with Crippen LogP contribution in [0.1, 0.15) is 21.5 Å². The number of para-hydroxylation sites is 1. The zero-order valence-corrected chi connectivity index (χ0v) is 14.5. The van der Waals surface area contributed by atoms with Gasteiger partial charge in [0.25, 0.3) is 5.91 Å². The third kappa shape index (κ3) is 3.95. The molecule has 0 aliphatic rings. The number of amides is 1. The van der Waals surface area contributed by atoms with Crippen LogP contribution in [-0.2, 0) is 12.2 Å². The molecule has 1 aromatic heterocycles. The number of thioether (sulfide) groups is 1. The maximum absolute atomic E-state index is 12.2. The molecule has 0 bridgehead atoms. The van der Waals surface area contributed by atoms with Gasteiger partial charge < -0.3 is 5.32 Å². The number of carbonyl (C=O) groups excluding carboxylic acids is 1. The largest absolute Gasteiger partial charge is 0.352 e. The summed E-state index contributed by atoms with van der Waals surface area (Å²) in [7, 11) is 0. The van der Waals surface area contributed by atoms with Crippen molar-refractivity contribution in [3.05, 3.63) is 77.5 Å². The average Bonchev–Trinajstić information content (AvgIpc) is 2.63. The third-order valence-electron chi connectivity index (χ3n) is 3.92. The Kier molecular flexibility index (Phi) is 5.49. The maximum Gasteiger partial charge on any atom is 0.251 e.